The molecule has 0 spiro atoms. The summed E-state index contributed by atoms with van der Waals surface area (Å²) in [4.78, 5) is 8.34. The first-order valence-electron chi connectivity index (χ1n) is 7.26. The van der Waals surface area contributed by atoms with Crippen molar-refractivity contribution < 1.29 is 4.39 Å². The number of nitrogens with zero attached hydrogens (tertiary/aromatic N) is 6. The molecule has 3 rings (SSSR count). The highest BCUT2D eigenvalue weighted by molar-refractivity contribution is 5.60. The van der Waals surface area contributed by atoms with Gasteiger partial charge in [-0.25, -0.2) is 9.37 Å². The number of hydrogen-bond acceptors (Lipinski definition) is 5. The van der Waals surface area contributed by atoms with Gasteiger partial charge in [-0.2, -0.15) is 10.4 Å². The number of halogens is 1. The molecular formula is C15H17FN6. The standard InChI is InChI=1S/C15H17FN6/c16-14-2-1-3-15(13(14)10-17)21-7-4-20(5-8-21)6-9-22-12-18-11-19-22/h1-3,11-12H,4-9H2. The Kier molecular flexibility index (Phi) is 4.30. The molecule has 0 unspecified atom stereocenters. The molecule has 0 N–H and O–H groups in total. The van der Waals surface area contributed by atoms with Crippen LogP contribution in [0.1, 0.15) is 5.56 Å². The lowest BCUT2D eigenvalue weighted by Crippen LogP contribution is -2.47. The number of nitriles is 1. The Bertz CT molecular complexity index is 655. The molecule has 0 bridgehead atoms. The SMILES string of the molecule is N#Cc1c(F)cccc1N1CCN(CCn2cncn2)CC1. The molecule has 0 atom stereocenters. The van der Waals surface area contributed by atoms with Crippen molar-refractivity contribution in [2.75, 3.05) is 37.6 Å². The predicted octanol–water partition coefficient (Wildman–Crippen LogP) is 1.11. The van der Waals surface area contributed by atoms with Gasteiger partial charge in [-0.1, -0.05) is 6.07 Å². The van der Waals surface area contributed by atoms with Gasteiger partial charge in [0.2, 0.25) is 0 Å². The number of benzene rings is 1. The van der Waals surface area contributed by atoms with Crippen molar-refractivity contribution in [2.45, 2.75) is 6.54 Å². The van der Waals surface area contributed by atoms with Crippen molar-refractivity contribution in [1.29, 1.82) is 5.26 Å². The summed E-state index contributed by atoms with van der Waals surface area (Å²) in [5.41, 5.74) is 0.831. The highest BCUT2D eigenvalue weighted by Gasteiger charge is 2.20. The average molecular weight is 300 g/mol. The summed E-state index contributed by atoms with van der Waals surface area (Å²) in [6, 6.07) is 6.76. The monoisotopic (exact) mass is 300 g/mol. The van der Waals surface area contributed by atoms with Crippen LogP contribution in [0.25, 0.3) is 0 Å². The number of rotatable bonds is 4. The molecule has 7 heteroatoms. The van der Waals surface area contributed by atoms with Gasteiger partial charge in [-0.05, 0) is 12.1 Å². The van der Waals surface area contributed by atoms with E-state index in [-0.39, 0.29) is 5.56 Å². The zero-order valence-electron chi connectivity index (χ0n) is 12.2. The highest BCUT2D eigenvalue weighted by atomic mass is 19.1. The van der Waals surface area contributed by atoms with Crippen LogP contribution in [0.4, 0.5) is 10.1 Å². The molecular weight excluding hydrogens is 283 g/mol. The van der Waals surface area contributed by atoms with E-state index < -0.39 is 5.82 Å². The van der Waals surface area contributed by atoms with E-state index in [4.69, 9.17) is 5.26 Å². The van der Waals surface area contributed by atoms with E-state index in [0.29, 0.717) is 5.69 Å². The molecule has 22 heavy (non-hydrogen) atoms. The molecule has 2 aromatic rings. The second kappa shape index (κ2) is 6.54. The molecule has 1 aliphatic rings. The summed E-state index contributed by atoms with van der Waals surface area (Å²) >= 11 is 0. The largest absolute Gasteiger partial charge is 0.368 e. The normalized spacial score (nSPS) is 15.7. The minimum Gasteiger partial charge on any atom is -0.368 e. The maximum Gasteiger partial charge on any atom is 0.143 e. The van der Waals surface area contributed by atoms with Gasteiger partial charge >= 0.3 is 0 Å². The Balaban J connectivity index is 1.58. The molecule has 6 nitrogen and oxygen atoms in total. The Labute approximate surface area is 128 Å². The van der Waals surface area contributed by atoms with Gasteiger partial charge in [0.1, 0.15) is 30.1 Å². The van der Waals surface area contributed by atoms with Gasteiger partial charge in [0, 0.05) is 32.7 Å². The van der Waals surface area contributed by atoms with Crippen LogP contribution in [0.2, 0.25) is 0 Å². The zero-order chi connectivity index (χ0) is 15.4. The summed E-state index contributed by atoms with van der Waals surface area (Å²) in [6.07, 6.45) is 3.24. The Hall–Kier alpha value is -2.46. The first-order valence-corrected chi connectivity index (χ1v) is 7.26. The molecule has 1 fully saturated rings. The van der Waals surface area contributed by atoms with E-state index in [0.717, 1.165) is 39.3 Å². The Morgan fingerprint density at radius 1 is 1.18 bits per heavy atom. The Morgan fingerprint density at radius 2 is 2.00 bits per heavy atom. The van der Waals surface area contributed by atoms with Crippen LogP contribution in [-0.2, 0) is 6.54 Å². The second-order valence-corrected chi connectivity index (χ2v) is 5.23. The van der Waals surface area contributed by atoms with E-state index in [9.17, 15) is 4.39 Å². The molecule has 1 aromatic heterocycles. The van der Waals surface area contributed by atoms with Gasteiger partial charge < -0.3 is 4.90 Å². The highest BCUT2D eigenvalue weighted by Crippen LogP contribution is 2.23. The fraction of sp³-hybridized carbons (Fsp3) is 0.400. The van der Waals surface area contributed by atoms with Crippen LogP contribution in [0.3, 0.4) is 0 Å². The van der Waals surface area contributed by atoms with Gasteiger partial charge in [0.15, 0.2) is 0 Å². The maximum atomic E-state index is 13.7. The minimum absolute atomic E-state index is 0.138. The second-order valence-electron chi connectivity index (χ2n) is 5.23. The molecule has 0 saturated carbocycles. The van der Waals surface area contributed by atoms with Crippen LogP contribution >= 0.6 is 0 Å². The zero-order valence-corrected chi connectivity index (χ0v) is 12.2. The quantitative estimate of drug-likeness (QED) is 0.846. The van der Waals surface area contributed by atoms with E-state index in [1.807, 2.05) is 16.8 Å². The van der Waals surface area contributed by atoms with E-state index >= 15 is 0 Å². The molecule has 1 aromatic carbocycles. The molecule has 0 radical (unpaired) electrons. The van der Waals surface area contributed by atoms with E-state index in [1.165, 1.54) is 12.4 Å². The topological polar surface area (TPSA) is 61.0 Å². The summed E-state index contributed by atoms with van der Waals surface area (Å²) < 4.78 is 15.5. The minimum atomic E-state index is -0.450. The molecule has 114 valence electrons. The van der Waals surface area contributed by atoms with Gasteiger partial charge in [-0.3, -0.25) is 9.58 Å². The van der Waals surface area contributed by atoms with Crippen LogP contribution in [0, 0.1) is 17.1 Å². The number of aromatic nitrogens is 3. The van der Waals surface area contributed by atoms with Crippen LogP contribution in [-0.4, -0.2) is 52.4 Å². The fourth-order valence-electron chi connectivity index (χ4n) is 2.69. The summed E-state index contributed by atoms with van der Waals surface area (Å²) in [7, 11) is 0. The summed E-state index contributed by atoms with van der Waals surface area (Å²) in [5, 5.41) is 13.2. The third-order valence-electron chi connectivity index (χ3n) is 3.93. The van der Waals surface area contributed by atoms with Crippen LogP contribution in [0.5, 0.6) is 0 Å². The lowest BCUT2D eigenvalue weighted by molar-refractivity contribution is 0.244. The maximum absolute atomic E-state index is 13.7. The lowest BCUT2D eigenvalue weighted by Gasteiger charge is -2.36. The van der Waals surface area contributed by atoms with Gasteiger partial charge in [0.25, 0.3) is 0 Å². The molecule has 0 amide bonds. The molecule has 0 aliphatic carbocycles. The summed E-state index contributed by atoms with van der Waals surface area (Å²) in [5.74, 6) is -0.450. The smallest absolute Gasteiger partial charge is 0.143 e. The number of anilines is 1. The Morgan fingerprint density at radius 3 is 2.68 bits per heavy atom. The lowest BCUT2D eigenvalue weighted by atomic mass is 10.1. The third-order valence-corrected chi connectivity index (χ3v) is 3.93. The predicted molar refractivity (Wildman–Crippen MR) is 79.8 cm³/mol. The van der Waals surface area contributed by atoms with Gasteiger partial charge in [-0.15, -0.1) is 0 Å². The first kappa shape index (κ1) is 14.5. The number of hydrogen-bond donors (Lipinski definition) is 0. The average Bonchev–Trinajstić information content (AvgIpc) is 3.07. The molecule has 2 heterocycles. The van der Waals surface area contributed by atoms with Crippen molar-refractivity contribution in [3.63, 3.8) is 0 Å². The number of piperazine rings is 1. The van der Waals surface area contributed by atoms with E-state index in [1.54, 1.807) is 12.4 Å². The molecule has 1 saturated heterocycles. The first-order chi connectivity index (χ1) is 10.8. The van der Waals surface area contributed by atoms with Crippen molar-refractivity contribution in [2.24, 2.45) is 0 Å². The third kappa shape index (κ3) is 3.07. The van der Waals surface area contributed by atoms with Crippen molar-refractivity contribution in [3.8, 4) is 6.07 Å². The van der Waals surface area contributed by atoms with Crippen molar-refractivity contribution in [3.05, 3.63) is 42.2 Å². The fourth-order valence-corrected chi connectivity index (χ4v) is 2.69. The van der Waals surface area contributed by atoms with Crippen LogP contribution in [0.15, 0.2) is 30.9 Å². The molecule has 1 aliphatic heterocycles. The van der Waals surface area contributed by atoms with E-state index in [2.05, 4.69) is 19.9 Å². The van der Waals surface area contributed by atoms with Crippen molar-refractivity contribution in [1.82, 2.24) is 19.7 Å². The van der Waals surface area contributed by atoms with Gasteiger partial charge in [0.05, 0.1) is 12.2 Å². The van der Waals surface area contributed by atoms with Crippen LogP contribution < -0.4 is 4.90 Å². The summed E-state index contributed by atoms with van der Waals surface area (Å²) in [6.45, 7) is 5.06. The van der Waals surface area contributed by atoms with Crippen molar-refractivity contribution >= 4 is 5.69 Å².